The lowest BCUT2D eigenvalue weighted by molar-refractivity contribution is -0.141. The second kappa shape index (κ2) is 4.73. The van der Waals surface area contributed by atoms with Gasteiger partial charge in [-0.05, 0) is 12.1 Å². The molecule has 6 nitrogen and oxygen atoms in total. The van der Waals surface area contributed by atoms with Crippen LogP contribution < -0.4 is 0 Å². The van der Waals surface area contributed by atoms with Gasteiger partial charge in [-0.1, -0.05) is 6.92 Å². The van der Waals surface area contributed by atoms with Gasteiger partial charge in [0.25, 0.3) is 0 Å². The monoisotopic (exact) mass is 233 g/mol. The molecule has 0 aliphatic carbocycles. The minimum atomic E-state index is -0.881. The van der Waals surface area contributed by atoms with Crippen molar-refractivity contribution >= 4 is 5.97 Å². The van der Waals surface area contributed by atoms with Gasteiger partial charge in [0.05, 0.1) is 5.92 Å². The van der Waals surface area contributed by atoms with Gasteiger partial charge < -0.3 is 9.52 Å². The molecular formula is C11H11N3O3. The van der Waals surface area contributed by atoms with Crippen molar-refractivity contribution in [1.29, 1.82) is 0 Å². The lowest BCUT2D eigenvalue weighted by atomic mass is 10.1. The number of hydrogen-bond donors (Lipinski definition) is 1. The zero-order valence-corrected chi connectivity index (χ0v) is 9.20. The smallest absolute Gasteiger partial charge is 0.306 e. The van der Waals surface area contributed by atoms with Gasteiger partial charge in [-0.25, -0.2) is 0 Å². The molecule has 17 heavy (non-hydrogen) atoms. The second-order valence-electron chi connectivity index (χ2n) is 3.68. The molecule has 0 radical (unpaired) electrons. The molecular weight excluding hydrogens is 222 g/mol. The Hall–Kier alpha value is -2.24. The minimum absolute atomic E-state index is 0.230. The molecule has 0 saturated heterocycles. The SMILES string of the molecule is CC(Cc1nnc(-c2ccncc2)o1)C(=O)O. The van der Waals surface area contributed by atoms with Gasteiger partial charge in [-0.3, -0.25) is 9.78 Å². The van der Waals surface area contributed by atoms with Crippen molar-refractivity contribution in [2.45, 2.75) is 13.3 Å². The van der Waals surface area contributed by atoms with Crippen LogP contribution >= 0.6 is 0 Å². The molecule has 0 aliphatic rings. The summed E-state index contributed by atoms with van der Waals surface area (Å²) in [7, 11) is 0. The van der Waals surface area contributed by atoms with Crippen molar-refractivity contribution in [2.24, 2.45) is 5.92 Å². The topological polar surface area (TPSA) is 89.1 Å². The van der Waals surface area contributed by atoms with E-state index >= 15 is 0 Å². The van der Waals surface area contributed by atoms with E-state index < -0.39 is 11.9 Å². The largest absolute Gasteiger partial charge is 0.481 e. The van der Waals surface area contributed by atoms with Crippen molar-refractivity contribution in [3.63, 3.8) is 0 Å². The third kappa shape index (κ3) is 2.66. The Morgan fingerprint density at radius 3 is 2.76 bits per heavy atom. The summed E-state index contributed by atoms with van der Waals surface area (Å²) in [4.78, 5) is 14.6. The van der Waals surface area contributed by atoms with Gasteiger partial charge in [0, 0.05) is 24.4 Å². The lowest BCUT2D eigenvalue weighted by Crippen LogP contribution is -2.12. The average molecular weight is 233 g/mol. The van der Waals surface area contributed by atoms with E-state index in [1.54, 1.807) is 31.5 Å². The molecule has 2 rings (SSSR count). The number of carboxylic acid groups (broad SMARTS) is 1. The first-order chi connectivity index (χ1) is 8.16. The molecule has 0 saturated carbocycles. The third-order valence-corrected chi connectivity index (χ3v) is 2.30. The number of aliphatic carboxylic acids is 1. The fourth-order valence-corrected chi connectivity index (χ4v) is 1.30. The maximum Gasteiger partial charge on any atom is 0.306 e. The molecule has 2 aromatic heterocycles. The maximum atomic E-state index is 10.7. The van der Waals surface area contributed by atoms with Crippen LogP contribution in [0.3, 0.4) is 0 Å². The molecule has 0 aliphatic heterocycles. The summed E-state index contributed by atoms with van der Waals surface area (Å²) in [6.07, 6.45) is 3.48. The van der Waals surface area contributed by atoms with Crippen molar-refractivity contribution in [3.8, 4) is 11.5 Å². The molecule has 2 heterocycles. The zero-order chi connectivity index (χ0) is 12.3. The average Bonchev–Trinajstić information content (AvgIpc) is 2.78. The normalized spacial score (nSPS) is 12.3. The summed E-state index contributed by atoms with van der Waals surface area (Å²) in [6, 6.07) is 3.50. The summed E-state index contributed by atoms with van der Waals surface area (Å²) >= 11 is 0. The van der Waals surface area contributed by atoms with Crippen LogP contribution in [-0.4, -0.2) is 26.3 Å². The highest BCUT2D eigenvalue weighted by Gasteiger charge is 2.16. The maximum absolute atomic E-state index is 10.7. The Morgan fingerprint density at radius 2 is 2.12 bits per heavy atom. The van der Waals surface area contributed by atoms with Crippen LogP contribution in [0.2, 0.25) is 0 Å². The first kappa shape index (κ1) is 11.3. The van der Waals surface area contributed by atoms with E-state index in [9.17, 15) is 4.79 Å². The molecule has 1 unspecified atom stereocenters. The highest BCUT2D eigenvalue weighted by atomic mass is 16.4. The second-order valence-corrected chi connectivity index (χ2v) is 3.68. The fourth-order valence-electron chi connectivity index (χ4n) is 1.30. The summed E-state index contributed by atoms with van der Waals surface area (Å²) in [5, 5.41) is 16.4. The summed E-state index contributed by atoms with van der Waals surface area (Å²) in [5.41, 5.74) is 0.765. The van der Waals surface area contributed by atoms with E-state index in [-0.39, 0.29) is 6.42 Å². The lowest BCUT2D eigenvalue weighted by Gasteiger charge is -2.00. The van der Waals surface area contributed by atoms with Gasteiger partial charge >= 0.3 is 5.97 Å². The van der Waals surface area contributed by atoms with Crippen LogP contribution in [0.1, 0.15) is 12.8 Å². The van der Waals surface area contributed by atoms with Crippen LogP contribution in [0.25, 0.3) is 11.5 Å². The summed E-state index contributed by atoms with van der Waals surface area (Å²) in [6.45, 7) is 1.60. The quantitative estimate of drug-likeness (QED) is 0.858. The van der Waals surface area contributed by atoms with E-state index in [0.29, 0.717) is 11.8 Å². The number of pyridine rings is 1. The van der Waals surface area contributed by atoms with Crippen LogP contribution in [0.5, 0.6) is 0 Å². The van der Waals surface area contributed by atoms with Gasteiger partial charge in [0.15, 0.2) is 0 Å². The summed E-state index contributed by atoms with van der Waals surface area (Å²) in [5.74, 6) is -0.721. The number of carboxylic acids is 1. The highest BCUT2D eigenvalue weighted by Crippen LogP contribution is 2.17. The minimum Gasteiger partial charge on any atom is -0.481 e. The Bertz CT molecular complexity index is 510. The fraction of sp³-hybridized carbons (Fsp3) is 0.273. The van der Waals surface area contributed by atoms with E-state index in [1.165, 1.54) is 0 Å². The van der Waals surface area contributed by atoms with Crippen LogP contribution in [0.15, 0.2) is 28.9 Å². The number of nitrogens with zero attached hydrogens (tertiary/aromatic N) is 3. The molecule has 0 amide bonds. The first-order valence-electron chi connectivity index (χ1n) is 5.12. The van der Waals surface area contributed by atoms with Crippen LogP contribution in [0, 0.1) is 5.92 Å². The van der Waals surface area contributed by atoms with Gasteiger partial charge in [0.1, 0.15) is 0 Å². The Kier molecular flexibility index (Phi) is 3.13. The molecule has 0 aromatic carbocycles. The molecule has 88 valence electrons. The standard InChI is InChI=1S/C11H11N3O3/c1-7(11(15)16)6-9-13-14-10(17-9)8-2-4-12-5-3-8/h2-5,7H,6H2,1H3,(H,15,16). The molecule has 0 fully saturated rings. The van der Waals surface area contributed by atoms with Gasteiger partial charge in [-0.15, -0.1) is 10.2 Å². The van der Waals surface area contributed by atoms with E-state index in [4.69, 9.17) is 9.52 Å². The number of hydrogen-bond acceptors (Lipinski definition) is 5. The molecule has 0 bridgehead atoms. The number of aromatic nitrogens is 3. The first-order valence-corrected chi connectivity index (χ1v) is 5.12. The van der Waals surface area contributed by atoms with Crippen molar-refractivity contribution in [3.05, 3.63) is 30.4 Å². The highest BCUT2D eigenvalue weighted by molar-refractivity contribution is 5.69. The predicted molar refractivity (Wildman–Crippen MR) is 58.0 cm³/mol. The molecule has 1 atom stereocenters. The van der Waals surface area contributed by atoms with Crippen molar-refractivity contribution in [2.75, 3.05) is 0 Å². The van der Waals surface area contributed by atoms with Crippen molar-refractivity contribution in [1.82, 2.24) is 15.2 Å². The molecule has 0 spiro atoms. The van der Waals surface area contributed by atoms with Gasteiger partial charge in [0.2, 0.25) is 11.8 Å². The third-order valence-electron chi connectivity index (χ3n) is 2.30. The summed E-state index contributed by atoms with van der Waals surface area (Å²) < 4.78 is 5.38. The number of carbonyl (C=O) groups is 1. The van der Waals surface area contributed by atoms with Crippen LogP contribution in [-0.2, 0) is 11.2 Å². The van der Waals surface area contributed by atoms with Crippen molar-refractivity contribution < 1.29 is 14.3 Å². The zero-order valence-electron chi connectivity index (χ0n) is 9.20. The molecule has 2 aromatic rings. The van der Waals surface area contributed by atoms with Crippen LogP contribution in [0.4, 0.5) is 0 Å². The Labute approximate surface area is 97.3 Å². The molecule has 6 heteroatoms. The van der Waals surface area contributed by atoms with E-state index in [2.05, 4.69) is 15.2 Å². The van der Waals surface area contributed by atoms with E-state index in [0.717, 1.165) is 5.56 Å². The van der Waals surface area contributed by atoms with E-state index in [1.807, 2.05) is 0 Å². The predicted octanol–water partition coefficient (Wildman–Crippen LogP) is 1.39. The Balaban J connectivity index is 2.14. The number of rotatable bonds is 4. The Morgan fingerprint density at radius 1 is 1.41 bits per heavy atom. The van der Waals surface area contributed by atoms with Gasteiger partial charge in [-0.2, -0.15) is 0 Å². The molecule has 1 N–H and O–H groups in total.